The zero-order valence-corrected chi connectivity index (χ0v) is 9.01. The lowest BCUT2D eigenvalue weighted by Crippen LogP contribution is -2.11. The molecule has 0 saturated carbocycles. The van der Waals surface area contributed by atoms with Crippen LogP contribution in [0.2, 0.25) is 0 Å². The molecule has 0 N–H and O–H groups in total. The smallest absolute Gasteiger partial charge is 0.258 e. The highest BCUT2D eigenvalue weighted by Crippen LogP contribution is 2.21. The molecular formula is C8H7N3O4S. The van der Waals surface area contributed by atoms with E-state index in [2.05, 4.69) is 5.10 Å². The number of nitrogens with zero attached hydrogens (tertiary/aromatic N) is 3. The molecule has 0 spiro atoms. The highest BCUT2D eigenvalue weighted by atomic mass is 32.2. The quantitative estimate of drug-likeness (QED) is 0.571. The molecule has 0 aliphatic rings. The van der Waals surface area contributed by atoms with Crippen molar-refractivity contribution in [2.45, 2.75) is 0 Å². The Labute approximate surface area is 90.5 Å². The normalized spacial score (nSPS) is 11.8. The largest absolute Gasteiger partial charge is 0.270 e. The van der Waals surface area contributed by atoms with Gasteiger partial charge in [0.25, 0.3) is 15.7 Å². The van der Waals surface area contributed by atoms with E-state index in [0.717, 1.165) is 10.3 Å². The maximum Gasteiger partial charge on any atom is 0.270 e. The van der Waals surface area contributed by atoms with Crippen molar-refractivity contribution in [3.8, 4) is 0 Å². The Bertz CT molecular complexity index is 674. The summed E-state index contributed by atoms with van der Waals surface area (Å²) in [6.07, 6.45) is 2.30. The average molecular weight is 241 g/mol. The fourth-order valence-corrected chi connectivity index (χ4v) is 2.12. The molecule has 0 radical (unpaired) electrons. The Morgan fingerprint density at radius 2 is 2.12 bits per heavy atom. The van der Waals surface area contributed by atoms with Gasteiger partial charge in [0.15, 0.2) is 0 Å². The second-order valence-corrected chi connectivity index (χ2v) is 5.06. The molecule has 0 saturated heterocycles. The number of benzene rings is 1. The van der Waals surface area contributed by atoms with E-state index in [0.29, 0.717) is 10.9 Å². The fraction of sp³-hybridized carbons (Fsp3) is 0.125. The van der Waals surface area contributed by atoms with E-state index in [-0.39, 0.29) is 5.69 Å². The molecule has 1 heterocycles. The van der Waals surface area contributed by atoms with Gasteiger partial charge in [-0.15, -0.1) is 0 Å². The summed E-state index contributed by atoms with van der Waals surface area (Å²) in [5.74, 6) is 0. The van der Waals surface area contributed by atoms with E-state index in [9.17, 15) is 18.5 Å². The van der Waals surface area contributed by atoms with Crippen LogP contribution in [0.5, 0.6) is 0 Å². The summed E-state index contributed by atoms with van der Waals surface area (Å²) in [4.78, 5) is 9.96. The Hall–Kier alpha value is -1.96. The lowest BCUT2D eigenvalue weighted by atomic mass is 10.2. The summed E-state index contributed by atoms with van der Waals surface area (Å²) in [6, 6.07) is 3.89. The van der Waals surface area contributed by atoms with Gasteiger partial charge in [0, 0.05) is 17.5 Å². The lowest BCUT2D eigenvalue weighted by molar-refractivity contribution is -0.384. The molecule has 8 heteroatoms. The predicted octanol–water partition coefficient (Wildman–Crippen LogP) is 0.752. The number of hydrogen-bond acceptors (Lipinski definition) is 5. The molecule has 0 aliphatic carbocycles. The number of rotatable bonds is 2. The molecule has 0 atom stereocenters. The number of fused-ring (bicyclic) bond motifs is 1. The SMILES string of the molecule is CS(=O)(=O)n1ncc2cc([N+](=O)[O-])ccc21. The van der Waals surface area contributed by atoms with Gasteiger partial charge >= 0.3 is 0 Å². The van der Waals surface area contributed by atoms with Crippen molar-refractivity contribution in [1.82, 2.24) is 9.19 Å². The maximum atomic E-state index is 11.3. The third-order valence-corrected chi connectivity index (χ3v) is 2.96. The van der Waals surface area contributed by atoms with E-state index in [1.807, 2.05) is 0 Å². The molecule has 16 heavy (non-hydrogen) atoms. The van der Waals surface area contributed by atoms with Gasteiger partial charge in [-0.25, -0.2) is 8.42 Å². The zero-order valence-electron chi connectivity index (χ0n) is 8.19. The minimum absolute atomic E-state index is 0.0967. The molecule has 0 bridgehead atoms. The topological polar surface area (TPSA) is 95.1 Å². The van der Waals surface area contributed by atoms with Gasteiger partial charge in [-0.2, -0.15) is 9.19 Å². The van der Waals surface area contributed by atoms with Crippen LogP contribution in [-0.2, 0) is 10.0 Å². The highest BCUT2D eigenvalue weighted by molar-refractivity contribution is 7.89. The third kappa shape index (κ3) is 1.63. The summed E-state index contributed by atoms with van der Waals surface area (Å²) in [5, 5.41) is 14.6. The van der Waals surface area contributed by atoms with Crippen LogP contribution in [-0.4, -0.2) is 28.8 Å². The first-order chi connectivity index (χ1) is 7.39. The van der Waals surface area contributed by atoms with Crippen LogP contribution in [0, 0.1) is 10.1 Å². The Morgan fingerprint density at radius 1 is 1.44 bits per heavy atom. The van der Waals surface area contributed by atoms with Gasteiger partial charge < -0.3 is 0 Å². The third-order valence-electron chi connectivity index (χ3n) is 2.04. The van der Waals surface area contributed by atoms with E-state index >= 15 is 0 Å². The van der Waals surface area contributed by atoms with E-state index in [1.165, 1.54) is 24.4 Å². The minimum atomic E-state index is -3.48. The van der Waals surface area contributed by atoms with Crippen LogP contribution >= 0.6 is 0 Å². The van der Waals surface area contributed by atoms with Crippen molar-refractivity contribution in [3.63, 3.8) is 0 Å². The Balaban J connectivity index is 2.73. The second-order valence-electron chi connectivity index (χ2n) is 3.25. The van der Waals surface area contributed by atoms with Crippen molar-refractivity contribution < 1.29 is 13.3 Å². The monoisotopic (exact) mass is 241 g/mol. The Kier molecular flexibility index (Phi) is 2.16. The molecule has 1 aromatic heterocycles. The van der Waals surface area contributed by atoms with Gasteiger partial charge in [-0.05, 0) is 6.07 Å². The summed E-state index contributed by atoms with van der Waals surface area (Å²) in [5.41, 5.74) is 0.230. The van der Waals surface area contributed by atoms with Crippen LogP contribution in [0.3, 0.4) is 0 Å². The minimum Gasteiger partial charge on any atom is -0.258 e. The molecule has 84 valence electrons. The van der Waals surface area contributed by atoms with Crippen LogP contribution in [0.1, 0.15) is 0 Å². The zero-order chi connectivity index (χ0) is 11.9. The van der Waals surface area contributed by atoms with E-state index < -0.39 is 14.9 Å². The molecule has 0 amide bonds. The molecule has 1 aromatic carbocycles. The van der Waals surface area contributed by atoms with E-state index in [1.54, 1.807) is 0 Å². The summed E-state index contributed by atoms with van der Waals surface area (Å²) >= 11 is 0. The summed E-state index contributed by atoms with van der Waals surface area (Å²) in [6.45, 7) is 0. The molecule has 0 unspecified atom stereocenters. The van der Waals surface area contributed by atoms with Gasteiger partial charge in [0.05, 0.1) is 22.9 Å². The van der Waals surface area contributed by atoms with Crippen molar-refractivity contribution in [3.05, 3.63) is 34.5 Å². The first-order valence-electron chi connectivity index (χ1n) is 4.22. The fourth-order valence-electron chi connectivity index (χ4n) is 1.37. The maximum absolute atomic E-state index is 11.3. The predicted molar refractivity (Wildman–Crippen MR) is 56.6 cm³/mol. The van der Waals surface area contributed by atoms with Crippen LogP contribution < -0.4 is 0 Å². The number of non-ortho nitro benzene ring substituents is 1. The van der Waals surface area contributed by atoms with Crippen molar-refractivity contribution >= 4 is 26.6 Å². The van der Waals surface area contributed by atoms with Gasteiger partial charge in [-0.1, -0.05) is 0 Å². The standard InChI is InChI=1S/C8H7N3O4S/c1-16(14,15)10-8-3-2-7(11(12)13)4-6(8)5-9-10/h2-5H,1H3. The number of nitro benzene ring substituents is 1. The Morgan fingerprint density at radius 3 is 2.69 bits per heavy atom. The molecule has 7 nitrogen and oxygen atoms in total. The van der Waals surface area contributed by atoms with Crippen LogP contribution in [0.15, 0.2) is 24.4 Å². The molecule has 0 fully saturated rings. The first kappa shape index (κ1) is 10.6. The van der Waals surface area contributed by atoms with Crippen molar-refractivity contribution in [2.75, 3.05) is 6.26 Å². The molecule has 0 aliphatic heterocycles. The summed E-state index contributed by atoms with van der Waals surface area (Å²) < 4.78 is 23.4. The molecular weight excluding hydrogens is 234 g/mol. The van der Waals surface area contributed by atoms with Crippen molar-refractivity contribution in [1.29, 1.82) is 0 Å². The lowest BCUT2D eigenvalue weighted by Gasteiger charge is -1.98. The number of nitro groups is 1. The van der Waals surface area contributed by atoms with E-state index in [4.69, 9.17) is 0 Å². The van der Waals surface area contributed by atoms with Gasteiger partial charge in [0.1, 0.15) is 0 Å². The van der Waals surface area contributed by atoms with Crippen molar-refractivity contribution in [2.24, 2.45) is 0 Å². The number of hydrogen-bond donors (Lipinski definition) is 0. The second kappa shape index (κ2) is 3.27. The summed E-state index contributed by atoms with van der Waals surface area (Å²) in [7, 11) is -3.48. The molecule has 2 aromatic rings. The van der Waals surface area contributed by atoms with Gasteiger partial charge in [-0.3, -0.25) is 10.1 Å². The number of aromatic nitrogens is 2. The van der Waals surface area contributed by atoms with Crippen LogP contribution in [0.25, 0.3) is 10.9 Å². The van der Waals surface area contributed by atoms with Gasteiger partial charge in [0.2, 0.25) is 0 Å². The molecule has 2 rings (SSSR count). The highest BCUT2D eigenvalue weighted by Gasteiger charge is 2.14. The van der Waals surface area contributed by atoms with Crippen LogP contribution in [0.4, 0.5) is 5.69 Å². The first-order valence-corrected chi connectivity index (χ1v) is 6.07. The average Bonchev–Trinajstić information content (AvgIpc) is 2.58.